The number of esters is 1. The zero-order valence-corrected chi connectivity index (χ0v) is 14.2. The highest BCUT2D eigenvalue weighted by atomic mass is 16.5. The molecule has 1 N–H and O–H groups in total. The summed E-state index contributed by atoms with van der Waals surface area (Å²) in [5, 5.41) is 9.37. The molecule has 2 unspecified atom stereocenters. The minimum Gasteiger partial charge on any atom is -0.481 e. The molecule has 0 fully saturated rings. The first-order valence-electron chi connectivity index (χ1n) is 8.49. The first-order chi connectivity index (χ1) is 11.1. The number of carboxylic acid groups (broad SMARTS) is 1. The first kappa shape index (κ1) is 19.2. The molecule has 1 aromatic rings. The van der Waals surface area contributed by atoms with E-state index in [1.807, 2.05) is 30.3 Å². The van der Waals surface area contributed by atoms with Gasteiger partial charge in [0.05, 0.1) is 11.8 Å². The fraction of sp³-hybridized carbons (Fsp3) is 0.579. The molecule has 0 heterocycles. The van der Waals surface area contributed by atoms with Gasteiger partial charge in [0.1, 0.15) is 6.61 Å². The molecule has 0 aliphatic heterocycles. The van der Waals surface area contributed by atoms with E-state index in [0.29, 0.717) is 6.42 Å². The van der Waals surface area contributed by atoms with Crippen LogP contribution in [0.5, 0.6) is 0 Å². The van der Waals surface area contributed by atoms with Gasteiger partial charge in [-0.25, -0.2) is 0 Å². The van der Waals surface area contributed by atoms with Crippen LogP contribution in [0.3, 0.4) is 0 Å². The largest absolute Gasteiger partial charge is 0.481 e. The first-order valence-corrected chi connectivity index (χ1v) is 8.49. The molecule has 1 rings (SSSR count). The van der Waals surface area contributed by atoms with E-state index in [9.17, 15) is 14.7 Å². The maximum absolute atomic E-state index is 12.1. The molecule has 1 aromatic carbocycles. The van der Waals surface area contributed by atoms with Crippen molar-refractivity contribution in [2.45, 2.75) is 59.0 Å². The third-order valence-corrected chi connectivity index (χ3v) is 4.14. The van der Waals surface area contributed by atoms with Gasteiger partial charge in [-0.05, 0) is 12.0 Å². The molecular weight excluding hydrogens is 292 g/mol. The number of hydrogen-bond donors (Lipinski definition) is 1. The Morgan fingerprint density at radius 2 is 1.74 bits per heavy atom. The monoisotopic (exact) mass is 320 g/mol. The van der Waals surface area contributed by atoms with E-state index in [1.54, 1.807) is 6.92 Å². The number of carbonyl (C=O) groups is 2. The van der Waals surface area contributed by atoms with E-state index in [2.05, 4.69) is 6.92 Å². The molecule has 23 heavy (non-hydrogen) atoms. The Balaban J connectivity index is 2.43. The third-order valence-electron chi connectivity index (χ3n) is 4.14. The molecular formula is C19H28O4. The van der Waals surface area contributed by atoms with Crippen LogP contribution in [0.15, 0.2) is 30.3 Å². The Morgan fingerprint density at radius 1 is 1.09 bits per heavy atom. The van der Waals surface area contributed by atoms with Gasteiger partial charge in [0.25, 0.3) is 0 Å². The molecule has 0 aliphatic carbocycles. The highest BCUT2D eigenvalue weighted by Crippen LogP contribution is 2.22. The van der Waals surface area contributed by atoms with Crippen molar-refractivity contribution >= 4 is 11.9 Å². The summed E-state index contributed by atoms with van der Waals surface area (Å²) in [7, 11) is 0. The molecule has 0 aromatic heterocycles. The van der Waals surface area contributed by atoms with Crippen molar-refractivity contribution < 1.29 is 19.4 Å². The maximum atomic E-state index is 12.1. The molecule has 0 radical (unpaired) electrons. The van der Waals surface area contributed by atoms with Gasteiger partial charge in [-0.1, -0.05) is 76.3 Å². The average molecular weight is 320 g/mol. The molecule has 128 valence electrons. The second-order valence-electron chi connectivity index (χ2n) is 6.03. The second-order valence-corrected chi connectivity index (χ2v) is 6.03. The summed E-state index contributed by atoms with van der Waals surface area (Å²) in [4.78, 5) is 23.5. The van der Waals surface area contributed by atoms with E-state index in [1.165, 1.54) is 6.42 Å². The van der Waals surface area contributed by atoms with Crippen LogP contribution in [0.2, 0.25) is 0 Å². The number of carbonyl (C=O) groups excluding carboxylic acids is 1. The third kappa shape index (κ3) is 7.31. The molecule has 4 heteroatoms. The Hall–Kier alpha value is -1.84. The fourth-order valence-electron chi connectivity index (χ4n) is 2.58. The molecule has 4 nitrogen and oxygen atoms in total. The van der Waals surface area contributed by atoms with Gasteiger partial charge in [-0.15, -0.1) is 0 Å². The number of benzene rings is 1. The van der Waals surface area contributed by atoms with Crippen LogP contribution < -0.4 is 0 Å². The topological polar surface area (TPSA) is 63.6 Å². The lowest BCUT2D eigenvalue weighted by molar-refractivity contribution is -0.158. The predicted octanol–water partition coefficient (Wildman–Crippen LogP) is 4.43. The van der Waals surface area contributed by atoms with Gasteiger partial charge < -0.3 is 9.84 Å². The minimum absolute atomic E-state index is 0.187. The molecule has 0 saturated carbocycles. The normalized spacial score (nSPS) is 13.3. The number of aliphatic carboxylic acids is 1. The summed E-state index contributed by atoms with van der Waals surface area (Å²) in [6.07, 6.45) is 5.84. The van der Waals surface area contributed by atoms with Gasteiger partial charge in [0.2, 0.25) is 0 Å². The molecule has 0 bridgehead atoms. The van der Waals surface area contributed by atoms with E-state index in [0.717, 1.165) is 31.2 Å². The van der Waals surface area contributed by atoms with Gasteiger partial charge in [0.15, 0.2) is 0 Å². The molecule has 2 atom stereocenters. The van der Waals surface area contributed by atoms with Gasteiger partial charge in [-0.3, -0.25) is 9.59 Å². The quantitative estimate of drug-likeness (QED) is 0.484. The average Bonchev–Trinajstić information content (AvgIpc) is 2.56. The minimum atomic E-state index is -0.912. The summed E-state index contributed by atoms with van der Waals surface area (Å²) in [5.74, 6) is -2.64. The number of carboxylic acids is 1. The van der Waals surface area contributed by atoms with Crippen LogP contribution in [-0.4, -0.2) is 17.0 Å². The summed E-state index contributed by atoms with van der Waals surface area (Å²) in [5.41, 5.74) is 0.902. The van der Waals surface area contributed by atoms with Crippen molar-refractivity contribution in [1.82, 2.24) is 0 Å². The smallest absolute Gasteiger partial charge is 0.309 e. The lowest BCUT2D eigenvalue weighted by Gasteiger charge is -2.19. The van der Waals surface area contributed by atoms with E-state index in [4.69, 9.17) is 4.74 Å². The summed E-state index contributed by atoms with van der Waals surface area (Å²) in [6, 6.07) is 9.40. The maximum Gasteiger partial charge on any atom is 0.309 e. The zero-order chi connectivity index (χ0) is 17.1. The predicted molar refractivity (Wildman–Crippen MR) is 89.9 cm³/mol. The number of unbranched alkanes of at least 4 members (excludes halogenated alkanes) is 4. The molecule has 0 amide bonds. The second kappa shape index (κ2) is 10.8. The Kier molecular flexibility index (Phi) is 9.03. The highest BCUT2D eigenvalue weighted by molar-refractivity contribution is 5.80. The van der Waals surface area contributed by atoms with Crippen molar-refractivity contribution in [3.05, 3.63) is 35.9 Å². The molecule has 0 aliphatic rings. The fourth-order valence-corrected chi connectivity index (χ4v) is 2.58. The number of rotatable bonds is 11. The van der Waals surface area contributed by atoms with E-state index in [-0.39, 0.29) is 6.61 Å². The lowest BCUT2D eigenvalue weighted by atomic mass is 9.89. The standard InChI is InChI=1S/C19H28O4/c1-3-4-5-6-10-13-17(18(20)21)15(2)19(22)23-14-16-11-8-7-9-12-16/h7-9,11-12,15,17H,3-6,10,13-14H2,1-2H3,(H,20,21). The van der Waals surface area contributed by atoms with Crippen molar-refractivity contribution in [2.75, 3.05) is 0 Å². The Bertz CT molecular complexity index is 470. The summed E-state index contributed by atoms with van der Waals surface area (Å²) >= 11 is 0. The van der Waals surface area contributed by atoms with Gasteiger partial charge in [-0.2, -0.15) is 0 Å². The Morgan fingerprint density at radius 3 is 2.35 bits per heavy atom. The lowest BCUT2D eigenvalue weighted by Crippen LogP contribution is -2.29. The highest BCUT2D eigenvalue weighted by Gasteiger charge is 2.30. The van der Waals surface area contributed by atoms with Crippen molar-refractivity contribution in [1.29, 1.82) is 0 Å². The molecule has 0 spiro atoms. The zero-order valence-electron chi connectivity index (χ0n) is 14.2. The van der Waals surface area contributed by atoms with Crippen LogP contribution in [0.25, 0.3) is 0 Å². The Labute approximate surface area is 138 Å². The van der Waals surface area contributed by atoms with Crippen molar-refractivity contribution in [3.63, 3.8) is 0 Å². The van der Waals surface area contributed by atoms with Gasteiger partial charge in [0, 0.05) is 0 Å². The van der Waals surface area contributed by atoms with Crippen molar-refractivity contribution in [3.8, 4) is 0 Å². The molecule has 0 saturated heterocycles. The van der Waals surface area contributed by atoms with Crippen molar-refractivity contribution in [2.24, 2.45) is 11.8 Å². The van der Waals surface area contributed by atoms with Crippen LogP contribution >= 0.6 is 0 Å². The number of hydrogen-bond acceptors (Lipinski definition) is 3. The van der Waals surface area contributed by atoms with Crippen LogP contribution in [-0.2, 0) is 20.9 Å². The van der Waals surface area contributed by atoms with E-state index >= 15 is 0 Å². The summed E-state index contributed by atoms with van der Waals surface area (Å²) < 4.78 is 5.26. The SMILES string of the molecule is CCCCCCCC(C(=O)O)C(C)C(=O)OCc1ccccc1. The van der Waals surface area contributed by atoms with Crippen LogP contribution in [0.1, 0.15) is 57.9 Å². The van der Waals surface area contributed by atoms with Gasteiger partial charge >= 0.3 is 11.9 Å². The number of ether oxygens (including phenoxy) is 1. The summed E-state index contributed by atoms with van der Waals surface area (Å²) in [6.45, 7) is 3.98. The van der Waals surface area contributed by atoms with Crippen LogP contribution in [0, 0.1) is 11.8 Å². The van der Waals surface area contributed by atoms with E-state index < -0.39 is 23.8 Å². The van der Waals surface area contributed by atoms with Crippen LogP contribution in [0.4, 0.5) is 0 Å².